The smallest absolute Gasteiger partial charge is 0.0639 e. The summed E-state index contributed by atoms with van der Waals surface area (Å²) in [5, 5.41) is 0. The van der Waals surface area contributed by atoms with Gasteiger partial charge in [-0.25, -0.2) is 0 Å². The molecular weight excluding hydrogens is 182 g/mol. The fourth-order valence-corrected chi connectivity index (χ4v) is 1.78. The third kappa shape index (κ3) is 2.61. The number of hydrogen-bond donors (Lipinski definition) is 1. The van der Waals surface area contributed by atoms with Crippen molar-refractivity contribution in [3.05, 3.63) is 35.4 Å². The number of hydrogen-bond acceptors (Lipinski definition) is 1. The Balaban J connectivity index is 2.07. The zero-order valence-electron chi connectivity index (χ0n) is 9.16. The Morgan fingerprint density at radius 2 is 1.93 bits per heavy atom. The fourth-order valence-electron chi connectivity index (χ4n) is 1.78. The second-order valence-electron chi connectivity index (χ2n) is 4.31. The van der Waals surface area contributed by atoms with Gasteiger partial charge in [0.25, 0.3) is 0 Å². The van der Waals surface area contributed by atoms with Crippen LogP contribution in [-0.2, 0) is 0 Å². The molecule has 1 unspecified atom stereocenters. The van der Waals surface area contributed by atoms with Crippen molar-refractivity contribution in [2.24, 2.45) is 5.73 Å². The van der Waals surface area contributed by atoms with E-state index in [0.717, 1.165) is 11.5 Å². The van der Waals surface area contributed by atoms with Crippen LogP contribution in [0.1, 0.15) is 43.2 Å². The topological polar surface area (TPSA) is 26.0 Å². The molecule has 1 saturated carbocycles. The highest BCUT2D eigenvalue weighted by Crippen LogP contribution is 2.36. The molecule has 1 fully saturated rings. The van der Waals surface area contributed by atoms with Gasteiger partial charge in [0.2, 0.25) is 0 Å². The van der Waals surface area contributed by atoms with E-state index in [0.29, 0.717) is 0 Å². The first-order valence-electron chi connectivity index (χ1n) is 5.63. The van der Waals surface area contributed by atoms with E-state index in [9.17, 15) is 0 Å². The fraction of sp³-hybridized carbons (Fsp3) is 0.429. The maximum Gasteiger partial charge on any atom is 0.0639 e. The number of benzene rings is 1. The predicted molar refractivity (Wildman–Crippen MR) is 63.6 cm³/mol. The normalized spacial score (nSPS) is 17.5. The van der Waals surface area contributed by atoms with Crippen molar-refractivity contribution < 1.29 is 0 Å². The van der Waals surface area contributed by atoms with Gasteiger partial charge in [-0.15, -0.1) is 0 Å². The van der Waals surface area contributed by atoms with Crippen LogP contribution in [-0.4, -0.2) is 6.04 Å². The second-order valence-corrected chi connectivity index (χ2v) is 4.31. The molecule has 0 bridgehead atoms. The summed E-state index contributed by atoms with van der Waals surface area (Å²) in [4.78, 5) is 0. The Kier molecular flexibility index (Phi) is 3.08. The van der Waals surface area contributed by atoms with E-state index in [1.54, 1.807) is 0 Å². The highest BCUT2D eigenvalue weighted by atomic mass is 14.6. The standard InChI is InChI=1S/C14H17N/c1-11(15)5-6-12-7-9-14(10-8-12)13-3-2-4-13/h7-11,13H,2-4,15H2,1H3. The summed E-state index contributed by atoms with van der Waals surface area (Å²) in [7, 11) is 0. The molecule has 0 heterocycles. The summed E-state index contributed by atoms with van der Waals surface area (Å²) in [5.41, 5.74) is 8.11. The van der Waals surface area contributed by atoms with Crippen LogP contribution in [0, 0.1) is 11.8 Å². The van der Waals surface area contributed by atoms with Gasteiger partial charge in [-0.05, 0) is 43.4 Å². The lowest BCUT2D eigenvalue weighted by Gasteiger charge is -2.25. The predicted octanol–water partition coefficient (Wildman–Crippen LogP) is 2.65. The molecule has 2 N–H and O–H groups in total. The minimum absolute atomic E-state index is 0.0451. The van der Waals surface area contributed by atoms with Crippen molar-refractivity contribution in [1.82, 2.24) is 0 Å². The van der Waals surface area contributed by atoms with Crippen molar-refractivity contribution in [1.29, 1.82) is 0 Å². The van der Waals surface area contributed by atoms with Crippen LogP contribution < -0.4 is 5.73 Å². The molecule has 1 nitrogen and oxygen atoms in total. The molecule has 0 amide bonds. The van der Waals surface area contributed by atoms with E-state index in [-0.39, 0.29) is 6.04 Å². The van der Waals surface area contributed by atoms with Crippen LogP contribution >= 0.6 is 0 Å². The van der Waals surface area contributed by atoms with Crippen LogP contribution in [0.3, 0.4) is 0 Å². The van der Waals surface area contributed by atoms with Crippen LogP contribution in [0.15, 0.2) is 24.3 Å². The molecule has 0 saturated heterocycles. The lowest BCUT2D eigenvalue weighted by Crippen LogP contribution is -2.11. The van der Waals surface area contributed by atoms with Gasteiger partial charge >= 0.3 is 0 Å². The van der Waals surface area contributed by atoms with E-state index < -0.39 is 0 Å². The van der Waals surface area contributed by atoms with Gasteiger partial charge in [0.1, 0.15) is 0 Å². The summed E-state index contributed by atoms with van der Waals surface area (Å²) in [5.74, 6) is 6.84. The molecule has 15 heavy (non-hydrogen) atoms. The Hall–Kier alpha value is -1.26. The number of nitrogens with two attached hydrogens (primary N) is 1. The van der Waals surface area contributed by atoms with Crippen LogP contribution in [0.4, 0.5) is 0 Å². The third-order valence-electron chi connectivity index (χ3n) is 2.93. The van der Waals surface area contributed by atoms with Gasteiger partial charge < -0.3 is 5.73 Å². The SMILES string of the molecule is CC(N)C#Cc1ccc(C2CCC2)cc1. The molecule has 0 aliphatic heterocycles. The van der Waals surface area contributed by atoms with Gasteiger partial charge in [0.15, 0.2) is 0 Å². The minimum atomic E-state index is -0.0451. The van der Waals surface area contributed by atoms with Crippen molar-refractivity contribution in [2.45, 2.75) is 38.1 Å². The molecule has 1 aliphatic rings. The molecule has 2 rings (SSSR count). The molecular formula is C14H17N. The van der Waals surface area contributed by atoms with E-state index in [4.69, 9.17) is 5.73 Å². The molecule has 1 atom stereocenters. The van der Waals surface area contributed by atoms with Crippen molar-refractivity contribution in [2.75, 3.05) is 0 Å². The van der Waals surface area contributed by atoms with Crippen molar-refractivity contribution >= 4 is 0 Å². The quantitative estimate of drug-likeness (QED) is 0.691. The Labute approximate surface area is 91.7 Å². The van der Waals surface area contributed by atoms with Gasteiger partial charge in [-0.2, -0.15) is 0 Å². The first-order chi connectivity index (χ1) is 7.25. The highest BCUT2D eigenvalue weighted by Gasteiger charge is 2.18. The summed E-state index contributed by atoms with van der Waals surface area (Å²) in [6.07, 6.45) is 4.09. The van der Waals surface area contributed by atoms with Gasteiger partial charge in [-0.1, -0.05) is 30.4 Å². The largest absolute Gasteiger partial charge is 0.318 e. The molecule has 1 aliphatic carbocycles. The lowest BCUT2D eigenvalue weighted by atomic mass is 9.80. The third-order valence-corrected chi connectivity index (χ3v) is 2.93. The molecule has 0 radical (unpaired) electrons. The average Bonchev–Trinajstić information content (AvgIpc) is 2.14. The first-order valence-corrected chi connectivity index (χ1v) is 5.63. The van der Waals surface area contributed by atoms with Crippen molar-refractivity contribution in [3.8, 4) is 11.8 Å². The highest BCUT2D eigenvalue weighted by molar-refractivity contribution is 5.38. The molecule has 78 valence electrons. The van der Waals surface area contributed by atoms with Crippen LogP contribution in [0.2, 0.25) is 0 Å². The van der Waals surface area contributed by atoms with Crippen LogP contribution in [0.5, 0.6) is 0 Å². The van der Waals surface area contributed by atoms with E-state index in [1.165, 1.54) is 24.8 Å². The summed E-state index contributed by atoms with van der Waals surface area (Å²) in [6.45, 7) is 1.90. The Bertz CT molecular complexity index is 374. The maximum absolute atomic E-state index is 5.58. The summed E-state index contributed by atoms with van der Waals surface area (Å²) >= 11 is 0. The van der Waals surface area contributed by atoms with Gasteiger partial charge in [-0.3, -0.25) is 0 Å². The minimum Gasteiger partial charge on any atom is -0.318 e. The van der Waals surface area contributed by atoms with Crippen molar-refractivity contribution in [3.63, 3.8) is 0 Å². The summed E-state index contributed by atoms with van der Waals surface area (Å²) in [6, 6.07) is 8.56. The zero-order chi connectivity index (χ0) is 10.7. The summed E-state index contributed by atoms with van der Waals surface area (Å²) < 4.78 is 0. The second kappa shape index (κ2) is 4.51. The Morgan fingerprint density at radius 3 is 2.40 bits per heavy atom. The maximum atomic E-state index is 5.58. The molecule has 1 heteroatoms. The van der Waals surface area contributed by atoms with Crippen LogP contribution in [0.25, 0.3) is 0 Å². The first kappa shape index (κ1) is 10.3. The molecule has 1 aromatic carbocycles. The monoisotopic (exact) mass is 199 g/mol. The zero-order valence-corrected chi connectivity index (χ0v) is 9.16. The van der Waals surface area contributed by atoms with Gasteiger partial charge in [0.05, 0.1) is 6.04 Å². The van der Waals surface area contributed by atoms with E-state index in [2.05, 4.69) is 36.1 Å². The molecule has 0 spiro atoms. The molecule has 1 aromatic rings. The van der Waals surface area contributed by atoms with E-state index in [1.807, 2.05) is 6.92 Å². The molecule has 0 aromatic heterocycles. The van der Waals surface area contributed by atoms with Gasteiger partial charge in [0, 0.05) is 5.56 Å². The lowest BCUT2D eigenvalue weighted by molar-refractivity contribution is 0.420. The average molecular weight is 199 g/mol. The number of rotatable bonds is 1. The van der Waals surface area contributed by atoms with E-state index >= 15 is 0 Å². The Morgan fingerprint density at radius 1 is 1.27 bits per heavy atom.